The molecule has 5 nitrogen and oxygen atoms in total. The van der Waals surface area contributed by atoms with Gasteiger partial charge in [-0.05, 0) is 18.4 Å². The molecule has 1 unspecified atom stereocenters. The number of carbonyl (C=O) groups excluding carboxylic acids is 1. The third kappa shape index (κ3) is 3.36. The van der Waals surface area contributed by atoms with Crippen molar-refractivity contribution in [1.29, 1.82) is 0 Å². The summed E-state index contributed by atoms with van der Waals surface area (Å²) in [6.45, 7) is 2.72. The summed E-state index contributed by atoms with van der Waals surface area (Å²) in [6, 6.07) is 1.67. The lowest BCUT2D eigenvalue weighted by Gasteiger charge is -2.10. The molecule has 1 amide bonds. The van der Waals surface area contributed by atoms with Crippen LogP contribution < -0.4 is 5.32 Å². The normalized spacial score (nSPS) is 12.5. The summed E-state index contributed by atoms with van der Waals surface area (Å²) >= 11 is 0. The Bertz CT molecular complexity index is 322. The Hall–Kier alpha value is -1.36. The van der Waals surface area contributed by atoms with Crippen molar-refractivity contribution >= 4 is 5.91 Å². The highest BCUT2D eigenvalue weighted by atomic mass is 16.3. The van der Waals surface area contributed by atoms with Gasteiger partial charge in [0, 0.05) is 26.4 Å². The third-order valence-corrected chi connectivity index (χ3v) is 2.29. The molecule has 0 aliphatic carbocycles. The number of hydrogen-bond donors (Lipinski definition) is 2. The molecule has 0 saturated heterocycles. The monoisotopic (exact) mass is 211 g/mol. The number of aliphatic hydroxyl groups is 1. The number of carbonyl (C=O) groups is 1. The maximum atomic E-state index is 11.6. The number of hydrogen-bond acceptors (Lipinski definition) is 3. The van der Waals surface area contributed by atoms with Crippen LogP contribution in [-0.2, 0) is 7.05 Å². The first-order valence-electron chi connectivity index (χ1n) is 5.02. The van der Waals surface area contributed by atoms with Crippen LogP contribution in [0.1, 0.15) is 23.8 Å². The van der Waals surface area contributed by atoms with Gasteiger partial charge in [0.1, 0.15) is 5.69 Å². The first-order chi connectivity index (χ1) is 7.15. The number of nitrogens with one attached hydrogen (secondary N) is 1. The molecule has 1 atom stereocenters. The topological polar surface area (TPSA) is 67.2 Å². The quantitative estimate of drug-likeness (QED) is 0.729. The smallest absolute Gasteiger partial charge is 0.269 e. The van der Waals surface area contributed by atoms with E-state index in [1.165, 1.54) is 4.68 Å². The van der Waals surface area contributed by atoms with Crippen LogP contribution >= 0.6 is 0 Å². The van der Waals surface area contributed by atoms with Gasteiger partial charge in [0.05, 0.1) is 0 Å². The lowest BCUT2D eigenvalue weighted by Crippen LogP contribution is -2.30. The molecule has 0 aliphatic heterocycles. The predicted octanol–water partition coefficient (Wildman–Crippen LogP) is 0.168. The number of aromatic nitrogens is 2. The molecule has 0 aliphatic rings. The molecule has 2 N–H and O–H groups in total. The fraction of sp³-hybridized carbons (Fsp3) is 0.600. The molecule has 1 rings (SSSR count). The minimum atomic E-state index is -0.125. The number of aliphatic hydroxyl groups excluding tert-OH is 1. The Labute approximate surface area is 89.1 Å². The van der Waals surface area contributed by atoms with Crippen LogP contribution in [0, 0.1) is 5.92 Å². The van der Waals surface area contributed by atoms with Crippen molar-refractivity contribution in [3.05, 3.63) is 18.0 Å². The van der Waals surface area contributed by atoms with E-state index in [-0.39, 0.29) is 18.4 Å². The molecule has 0 spiro atoms. The highest BCUT2D eigenvalue weighted by molar-refractivity contribution is 5.92. The zero-order valence-corrected chi connectivity index (χ0v) is 9.10. The van der Waals surface area contributed by atoms with Crippen molar-refractivity contribution in [2.75, 3.05) is 13.2 Å². The summed E-state index contributed by atoms with van der Waals surface area (Å²) in [5.41, 5.74) is 0.547. The molecular formula is C10H17N3O2. The summed E-state index contributed by atoms with van der Waals surface area (Å²) in [6.07, 6.45) is 2.29. The summed E-state index contributed by atoms with van der Waals surface area (Å²) in [4.78, 5) is 11.6. The second kappa shape index (κ2) is 5.50. The molecule has 15 heavy (non-hydrogen) atoms. The first-order valence-corrected chi connectivity index (χ1v) is 5.02. The summed E-state index contributed by atoms with van der Waals surface area (Å²) in [5, 5.41) is 15.4. The first kappa shape index (κ1) is 11.7. The van der Waals surface area contributed by atoms with Gasteiger partial charge in [-0.3, -0.25) is 9.48 Å². The average Bonchev–Trinajstić information content (AvgIpc) is 2.61. The molecule has 0 fully saturated rings. The van der Waals surface area contributed by atoms with Gasteiger partial charge in [0.25, 0.3) is 5.91 Å². The van der Waals surface area contributed by atoms with Crippen molar-refractivity contribution in [2.24, 2.45) is 13.0 Å². The van der Waals surface area contributed by atoms with Crippen LogP contribution in [-0.4, -0.2) is 33.9 Å². The van der Waals surface area contributed by atoms with Crippen LogP contribution in [0.25, 0.3) is 0 Å². The van der Waals surface area contributed by atoms with E-state index in [1.54, 1.807) is 19.3 Å². The van der Waals surface area contributed by atoms with Gasteiger partial charge in [0.15, 0.2) is 0 Å². The molecule has 0 bridgehead atoms. The maximum Gasteiger partial charge on any atom is 0.269 e. The van der Waals surface area contributed by atoms with Crippen LogP contribution in [0.2, 0.25) is 0 Å². The van der Waals surface area contributed by atoms with Crippen molar-refractivity contribution in [3.8, 4) is 0 Å². The van der Waals surface area contributed by atoms with E-state index < -0.39 is 0 Å². The Morgan fingerprint density at radius 2 is 2.47 bits per heavy atom. The van der Waals surface area contributed by atoms with E-state index in [9.17, 15) is 4.79 Å². The minimum Gasteiger partial charge on any atom is -0.396 e. The highest BCUT2D eigenvalue weighted by Crippen LogP contribution is 2.00. The molecule has 0 saturated carbocycles. The minimum absolute atomic E-state index is 0.125. The maximum absolute atomic E-state index is 11.6. The van der Waals surface area contributed by atoms with E-state index in [4.69, 9.17) is 5.11 Å². The molecule has 1 aromatic heterocycles. The van der Waals surface area contributed by atoms with Gasteiger partial charge in [-0.15, -0.1) is 0 Å². The molecular weight excluding hydrogens is 194 g/mol. The van der Waals surface area contributed by atoms with Gasteiger partial charge in [-0.2, -0.15) is 5.10 Å². The second-order valence-corrected chi connectivity index (χ2v) is 3.67. The Kier molecular flexibility index (Phi) is 4.30. The van der Waals surface area contributed by atoms with Crippen LogP contribution in [0.3, 0.4) is 0 Å². The van der Waals surface area contributed by atoms with E-state index in [2.05, 4.69) is 10.4 Å². The number of rotatable bonds is 5. The lowest BCUT2D eigenvalue weighted by atomic mass is 10.1. The Balaban J connectivity index is 2.40. The fourth-order valence-corrected chi connectivity index (χ4v) is 1.28. The standard InChI is InChI=1S/C10H17N3O2/c1-8(4-6-14)7-11-10(15)9-3-5-12-13(9)2/h3,5,8,14H,4,6-7H2,1-2H3,(H,11,15). The fourth-order valence-electron chi connectivity index (χ4n) is 1.28. The van der Waals surface area contributed by atoms with Crippen molar-refractivity contribution in [3.63, 3.8) is 0 Å². The van der Waals surface area contributed by atoms with Gasteiger partial charge < -0.3 is 10.4 Å². The number of nitrogens with zero attached hydrogens (tertiary/aromatic N) is 2. The average molecular weight is 211 g/mol. The SMILES string of the molecule is CC(CCO)CNC(=O)c1ccnn1C. The molecule has 1 aromatic rings. The molecule has 0 aromatic carbocycles. The molecule has 84 valence electrons. The molecule has 5 heteroatoms. The van der Waals surface area contributed by atoms with E-state index in [1.807, 2.05) is 6.92 Å². The van der Waals surface area contributed by atoms with Gasteiger partial charge in [-0.25, -0.2) is 0 Å². The lowest BCUT2D eigenvalue weighted by molar-refractivity contribution is 0.0936. The van der Waals surface area contributed by atoms with Crippen molar-refractivity contribution in [1.82, 2.24) is 15.1 Å². The van der Waals surface area contributed by atoms with Gasteiger partial charge in [-0.1, -0.05) is 6.92 Å². The molecule has 1 heterocycles. The van der Waals surface area contributed by atoms with Crippen molar-refractivity contribution < 1.29 is 9.90 Å². The van der Waals surface area contributed by atoms with E-state index in [0.717, 1.165) is 0 Å². The third-order valence-electron chi connectivity index (χ3n) is 2.29. The zero-order chi connectivity index (χ0) is 11.3. The van der Waals surface area contributed by atoms with Gasteiger partial charge >= 0.3 is 0 Å². The van der Waals surface area contributed by atoms with Crippen LogP contribution in [0.5, 0.6) is 0 Å². The Morgan fingerprint density at radius 1 is 1.73 bits per heavy atom. The van der Waals surface area contributed by atoms with E-state index in [0.29, 0.717) is 18.7 Å². The van der Waals surface area contributed by atoms with E-state index >= 15 is 0 Å². The number of aryl methyl sites for hydroxylation is 1. The van der Waals surface area contributed by atoms with Crippen LogP contribution in [0.15, 0.2) is 12.3 Å². The summed E-state index contributed by atoms with van der Waals surface area (Å²) in [5.74, 6) is 0.159. The van der Waals surface area contributed by atoms with Crippen LogP contribution in [0.4, 0.5) is 0 Å². The summed E-state index contributed by atoms with van der Waals surface area (Å²) in [7, 11) is 1.73. The van der Waals surface area contributed by atoms with Gasteiger partial charge in [0.2, 0.25) is 0 Å². The van der Waals surface area contributed by atoms with Crippen molar-refractivity contribution in [2.45, 2.75) is 13.3 Å². The molecule has 0 radical (unpaired) electrons. The predicted molar refractivity (Wildman–Crippen MR) is 56.4 cm³/mol. The second-order valence-electron chi connectivity index (χ2n) is 3.67. The Morgan fingerprint density at radius 3 is 3.00 bits per heavy atom. The zero-order valence-electron chi connectivity index (χ0n) is 9.10. The number of amides is 1. The largest absolute Gasteiger partial charge is 0.396 e. The summed E-state index contributed by atoms with van der Waals surface area (Å²) < 4.78 is 1.53. The highest BCUT2D eigenvalue weighted by Gasteiger charge is 2.10.